The fourth-order valence-corrected chi connectivity index (χ4v) is 7.31. The van der Waals surface area contributed by atoms with E-state index in [1.807, 2.05) is 39.0 Å². The highest BCUT2D eigenvalue weighted by molar-refractivity contribution is 5.83. The van der Waals surface area contributed by atoms with Crippen molar-refractivity contribution in [3.05, 3.63) is 191 Å². The Balaban J connectivity index is 1.13. The molecule has 5 nitrogen and oxygen atoms in total. The van der Waals surface area contributed by atoms with Crippen LogP contribution in [0.25, 0.3) is 10.8 Å². The third-order valence-electron chi connectivity index (χ3n) is 9.89. The van der Waals surface area contributed by atoms with E-state index >= 15 is 0 Å². The topological polar surface area (TPSA) is 48.0 Å². The van der Waals surface area contributed by atoms with Gasteiger partial charge in [-0.15, -0.1) is 0 Å². The average molecular weight is 690 g/mol. The largest absolute Gasteiger partial charge is 0.444 e. The maximum Gasteiger partial charge on any atom is 0.410 e. The first-order valence-electron chi connectivity index (χ1n) is 18.3. The van der Waals surface area contributed by atoms with Gasteiger partial charge in [0.25, 0.3) is 0 Å². The van der Waals surface area contributed by atoms with Gasteiger partial charge in [-0.2, -0.15) is 0 Å². The van der Waals surface area contributed by atoms with Crippen molar-refractivity contribution in [3.63, 3.8) is 0 Å². The van der Waals surface area contributed by atoms with Gasteiger partial charge in [-0.05, 0) is 77.4 Å². The van der Waals surface area contributed by atoms with Crippen molar-refractivity contribution in [1.82, 2.24) is 4.90 Å². The fourth-order valence-electron chi connectivity index (χ4n) is 7.31. The Morgan fingerprint density at radius 2 is 1.17 bits per heavy atom. The second-order valence-electron chi connectivity index (χ2n) is 14.7. The normalized spacial score (nSPS) is 16.5. The van der Waals surface area contributed by atoms with Crippen molar-refractivity contribution in [3.8, 4) is 0 Å². The lowest BCUT2D eigenvalue weighted by atomic mass is 9.80. The molecular weight excluding hydrogens is 643 g/mol. The van der Waals surface area contributed by atoms with E-state index in [-0.39, 0.29) is 18.1 Å². The van der Waals surface area contributed by atoms with Crippen LogP contribution in [0.5, 0.6) is 0 Å². The van der Waals surface area contributed by atoms with Gasteiger partial charge in [-0.1, -0.05) is 152 Å². The van der Waals surface area contributed by atoms with E-state index in [2.05, 4.69) is 140 Å². The molecule has 6 aromatic rings. The van der Waals surface area contributed by atoms with Crippen molar-refractivity contribution in [2.45, 2.75) is 63.6 Å². The number of benzene rings is 6. The van der Waals surface area contributed by atoms with Crippen LogP contribution in [0.3, 0.4) is 0 Å². The first-order chi connectivity index (χ1) is 25.3. The number of nitrogens with zero attached hydrogens (tertiary/aromatic N) is 1. The van der Waals surface area contributed by atoms with Gasteiger partial charge in [-0.3, -0.25) is 0 Å². The van der Waals surface area contributed by atoms with Crippen LogP contribution in [0.15, 0.2) is 158 Å². The molecule has 1 saturated heterocycles. The Hall–Kier alpha value is -5.23. The molecule has 5 heteroatoms. The van der Waals surface area contributed by atoms with Crippen molar-refractivity contribution in [1.29, 1.82) is 0 Å². The minimum absolute atomic E-state index is 0.117. The molecule has 0 saturated carbocycles. The molecule has 1 aliphatic rings. The van der Waals surface area contributed by atoms with E-state index < -0.39 is 11.2 Å². The molecule has 264 valence electrons. The first-order valence-corrected chi connectivity index (χ1v) is 18.3. The van der Waals surface area contributed by atoms with Crippen LogP contribution in [0.1, 0.15) is 66.5 Å². The van der Waals surface area contributed by atoms with Gasteiger partial charge < -0.3 is 19.1 Å². The summed E-state index contributed by atoms with van der Waals surface area (Å²) in [6.07, 6.45) is 0.282. The van der Waals surface area contributed by atoms with Crippen LogP contribution in [0.4, 0.5) is 4.79 Å². The van der Waals surface area contributed by atoms with Crippen molar-refractivity contribution in [2.75, 3.05) is 13.1 Å². The van der Waals surface area contributed by atoms with Crippen LogP contribution in [-0.2, 0) is 33.0 Å². The summed E-state index contributed by atoms with van der Waals surface area (Å²) < 4.78 is 19.5. The highest BCUT2D eigenvalue weighted by atomic mass is 16.6. The lowest BCUT2D eigenvalue weighted by Crippen LogP contribution is -2.48. The Morgan fingerprint density at radius 1 is 0.635 bits per heavy atom. The summed E-state index contributed by atoms with van der Waals surface area (Å²) in [5.41, 5.74) is 5.25. The van der Waals surface area contributed by atoms with Crippen LogP contribution in [0.2, 0.25) is 0 Å². The molecule has 7 rings (SSSR count). The van der Waals surface area contributed by atoms with Gasteiger partial charge in [0.2, 0.25) is 0 Å². The molecule has 0 N–H and O–H groups in total. The Kier molecular flexibility index (Phi) is 10.5. The van der Waals surface area contributed by atoms with E-state index in [1.54, 1.807) is 4.90 Å². The van der Waals surface area contributed by atoms with Gasteiger partial charge in [0.15, 0.2) is 0 Å². The van der Waals surface area contributed by atoms with E-state index in [0.717, 1.165) is 34.2 Å². The van der Waals surface area contributed by atoms with Crippen molar-refractivity contribution < 1.29 is 19.0 Å². The molecule has 1 heterocycles. The summed E-state index contributed by atoms with van der Waals surface area (Å²) in [7, 11) is 0. The number of carbonyl (C=O) groups excluding carboxylic acids is 1. The summed E-state index contributed by atoms with van der Waals surface area (Å²) in [6, 6.07) is 55.0. The van der Waals surface area contributed by atoms with Gasteiger partial charge in [-0.25, -0.2) is 4.79 Å². The molecule has 6 aromatic carbocycles. The second kappa shape index (κ2) is 15.6. The van der Waals surface area contributed by atoms with Gasteiger partial charge in [0.1, 0.15) is 11.2 Å². The Bertz CT molecular complexity index is 1960. The van der Waals surface area contributed by atoms with Gasteiger partial charge in [0.05, 0.1) is 25.9 Å². The van der Waals surface area contributed by atoms with Gasteiger partial charge >= 0.3 is 6.09 Å². The zero-order chi connectivity index (χ0) is 36.0. The highest BCUT2D eigenvalue weighted by Gasteiger charge is 2.38. The predicted molar refractivity (Wildman–Crippen MR) is 208 cm³/mol. The molecule has 0 radical (unpaired) electrons. The summed E-state index contributed by atoms with van der Waals surface area (Å²) in [4.78, 5) is 15.0. The second-order valence-corrected chi connectivity index (χ2v) is 14.7. The minimum atomic E-state index is -0.793. The lowest BCUT2D eigenvalue weighted by molar-refractivity contribution is -0.0359. The molecule has 1 fully saturated rings. The Morgan fingerprint density at radius 3 is 1.75 bits per heavy atom. The summed E-state index contributed by atoms with van der Waals surface area (Å²) in [6.45, 7) is 7.65. The summed E-state index contributed by atoms with van der Waals surface area (Å²) in [5, 5.41) is 2.39. The Labute approximate surface area is 307 Å². The van der Waals surface area contributed by atoms with Crippen molar-refractivity contribution in [2.24, 2.45) is 0 Å². The number of piperidine rings is 1. The smallest absolute Gasteiger partial charge is 0.410 e. The number of fused-ring (bicyclic) bond motifs is 1. The lowest BCUT2D eigenvalue weighted by Gasteiger charge is -2.39. The molecule has 2 unspecified atom stereocenters. The monoisotopic (exact) mass is 689 g/mol. The number of carbonyl (C=O) groups is 1. The molecular formula is C47H47NO4. The zero-order valence-corrected chi connectivity index (χ0v) is 30.3. The van der Waals surface area contributed by atoms with Crippen molar-refractivity contribution >= 4 is 16.9 Å². The third-order valence-corrected chi connectivity index (χ3v) is 9.89. The fraction of sp³-hybridized carbons (Fsp3) is 0.255. The number of amides is 1. The van der Waals surface area contributed by atoms with Crippen LogP contribution in [-0.4, -0.2) is 35.8 Å². The van der Waals surface area contributed by atoms with Crippen LogP contribution < -0.4 is 0 Å². The molecule has 0 spiro atoms. The molecule has 0 aliphatic carbocycles. The summed E-state index contributed by atoms with van der Waals surface area (Å²) in [5.74, 6) is 0.117. The number of hydrogen-bond donors (Lipinski definition) is 0. The molecule has 0 bridgehead atoms. The number of rotatable bonds is 10. The minimum Gasteiger partial charge on any atom is -0.444 e. The molecule has 1 aliphatic heterocycles. The predicted octanol–water partition coefficient (Wildman–Crippen LogP) is 10.7. The molecule has 52 heavy (non-hydrogen) atoms. The van der Waals surface area contributed by atoms with Crippen LogP contribution in [0, 0.1) is 0 Å². The molecule has 1 amide bonds. The van der Waals surface area contributed by atoms with E-state index in [0.29, 0.717) is 26.3 Å². The first kappa shape index (κ1) is 35.2. The average Bonchev–Trinajstić information content (AvgIpc) is 3.18. The molecule has 0 aromatic heterocycles. The SMILES string of the molecule is CC(C)(C)OC(=O)N1CCC(c2ccc(COC(c3ccccc3)(c3ccccc3)c3ccccc3)cc2)C(OCc2ccc3ccccc3c2)C1. The third kappa shape index (κ3) is 7.97. The summed E-state index contributed by atoms with van der Waals surface area (Å²) >= 11 is 0. The maximum atomic E-state index is 13.2. The van der Waals surface area contributed by atoms with E-state index in [9.17, 15) is 4.79 Å². The maximum absolute atomic E-state index is 13.2. The van der Waals surface area contributed by atoms with Crippen LogP contribution >= 0.6 is 0 Å². The van der Waals surface area contributed by atoms with Gasteiger partial charge in [0, 0.05) is 12.5 Å². The van der Waals surface area contributed by atoms with E-state index in [4.69, 9.17) is 14.2 Å². The standard InChI is InChI=1S/C47H47NO4/c1-46(2,3)52-45(49)48-30-29-43(44(32-48)50-33-36-25-26-37-15-13-14-16-39(37)31-36)38-27-23-35(24-28-38)34-51-47(40-17-7-4-8-18-40,41-19-9-5-10-20-41)42-21-11-6-12-22-42/h4-28,31,43-44H,29-30,32-34H2,1-3H3. The zero-order valence-electron chi connectivity index (χ0n) is 30.3. The molecule has 2 atom stereocenters. The van der Waals surface area contributed by atoms with E-state index in [1.165, 1.54) is 16.3 Å². The quantitative estimate of drug-likeness (QED) is 0.134. The number of ether oxygens (including phenoxy) is 3. The highest BCUT2D eigenvalue weighted by Crippen LogP contribution is 2.41. The number of likely N-dealkylation sites (tertiary alicyclic amines) is 1. The number of hydrogen-bond acceptors (Lipinski definition) is 4.